The Kier molecular flexibility index (Phi) is 5.04. The van der Waals surface area contributed by atoms with Crippen molar-refractivity contribution in [3.05, 3.63) is 57.6 Å². The van der Waals surface area contributed by atoms with Gasteiger partial charge in [0.2, 0.25) is 0 Å². The monoisotopic (exact) mass is 367 g/mol. The van der Waals surface area contributed by atoms with Crippen LogP contribution in [-0.4, -0.2) is 21.0 Å². The quantitative estimate of drug-likeness (QED) is 0.653. The molecule has 0 aliphatic heterocycles. The molecule has 0 aliphatic rings. The molecular weight excluding hydrogens is 346 g/mol. The third kappa shape index (κ3) is 3.60. The van der Waals surface area contributed by atoms with Crippen molar-refractivity contribution in [2.24, 2.45) is 0 Å². The number of aromatic nitrogens is 2. The van der Waals surface area contributed by atoms with Crippen molar-refractivity contribution in [1.29, 1.82) is 0 Å². The van der Waals surface area contributed by atoms with Crippen molar-refractivity contribution in [3.8, 4) is 10.7 Å². The Balaban J connectivity index is 2.00. The van der Waals surface area contributed by atoms with E-state index in [0.29, 0.717) is 5.82 Å². The van der Waals surface area contributed by atoms with Gasteiger partial charge in [0.15, 0.2) is 5.82 Å². The van der Waals surface area contributed by atoms with Gasteiger partial charge in [0, 0.05) is 21.8 Å². The van der Waals surface area contributed by atoms with E-state index in [4.69, 9.17) is 10.1 Å². The van der Waals surface area contributed by atoms with Gasteiger partial charge in [-0.3, -0.25) is 0 Å². The van der Waals surface area contributed by atoms with Crippen LogP contribution in [0, 0.1) is 20.8 Å². The fourth-order valence-electron chi connectivity index (χ4n) is 2.75. The van der Waals surface area contributed by atoms with E-state index in [-0.39, 0.29) is 5.56 Å². The van der Waals surface area contributed by atoms with Gasteiger partial charge in [-0.1, -0.05) is 6.92 Å². The number of carboxylic acid groups (broad SMARTS) is 1. The first kappa shape index (κ1) is 18.1. The van der Waals surface area contributed by atoms with Crippen LogP contribution in [0.2, 0.25) is 0 Å². The molecule has 6 heteroatoms. The summed E-state index contributed by atoms with van der Waals surface area (Å²) < 4.78 is 0. The number of carboxylic acids is 1. The molecule has 0 spiro atoms. The summed E-state index contributed by atoms with van der Waals surface area (Å²) >= 11 is 1.69. The highest BCUT2D eigenvalue weighted by atomic mass is 32.1. The van der Waals surface area contributed by atoms with Gasteiger partial charge in [0.25, 0.3) is 0 Å². The van der Waals surface area contributed by atoms with E-state index in [0.717, 1.165) is 34.1 Å². The second-order valence-electron chi connectivity index (χ2n) is 6.17. The number of benzene rings is 1. The zero-order valence-corrected chi connectivity index (χ0v) is 16.1. The van der Waals surface area contributed by atoms with E-state index in [1.54, 1.807) is 35.6 Å². The van der Waals surface area contributed by atoms with Crippen molar-refractivity contribution in [1.82, 2.24) is 9.97 Å². The smallest absolute Gasteiger partial charge is 0.335 e. The average molecular weight is 367 g/mol. The third-order valence-corrected chi connectivity index (χ3v) is 5.50. The summed E-state index contributed by atoms with van der Waals surface area (Å²) in [7, 11) is 0. The number of rotatable bonds is 5. The molecule has 0 saturated carbocycles. The molecule has 0 bridgehead atoms. The van der Waals surface area contributed by atoms with E-state index in [1.807, 2.05) is 6.92 Å². The molecule has 3 rings (SSSR count). The Morgan fingerprint density at radius 3 is 2.38 bits per heavy atom. The van der Waals surface area contributed by atoms with Gasteiger partial charge in [0.05, 0.1) is 10.4 Å². The minimum absolute atomic E-state index is 0.260. The van der Waals surface area contributed by atoms with Crippen LogP contribution in [0.25, 0.3) is 10.7 Å². The van der Waals surface area contributed by atoms with Gasteiger partial charge >= 0.3 is 5.97 Å². The SMILES string of the molecule is CCc1c(C)nc(-c2cc(C)c(C)s2)nc1Nc1ccc(C(=O)O)cc1. The van der Waals surface area contributed by atoms with E-state index in [9.17, 15) is 4.79 Å². The summed E-state index contributed by atoms with van der Waals surface area (Å²) in [6.45, 7) is 8.26. The molecule has 0 radical (unpaired) electrons. The van der Waals surface area contributed by atoms with E-state index in [2.05, 4.69) is 37.1 Å². The van der Waals surface area contributed by atoms with Crippen LogP contribution in [0.1, 0.15) is 39.0 Å². The minimum atomic E-state index is -0.936. The number of nitrogens with one attached hydrogen (secondary N) is 1. The zero-order chi connectivity index (χ0) is 18.8. The Labute approximate surface area is 156 Å². The highest BCUT2D eigenvalue weighted by molar-refractivity contribution is 7.15. The van der Waals surface area contributed by atoms with Crippen LogP contribution in [-0.2, 0) is 6.42 Å². The van der Waals surface area contributed by atoms with Crippen molar-refractivity contribution in [3.63, 3.8) is 0 Å². The summed E-state index contributed by atoms with van der Waals surface area (Å²) in [5.74, 6) is 0.543. The fraction of sp³-hybridized carbons (Fsp3) is 0.250. The second-order valence-corrected chi connectivity index (χ2v) is 7.43. The third-order valence-electron chi connectivity index (χ3n) is 4.35. The van der Waals surface area contributed by atoms with Crippen LogP contribution in [0.15, 0.2) is 30.3 Å². The molecule has 3 aromatic rings. The summed E-state index contributed by atoms with van der Waals surface area (Å²) in [6.07, 6.45) is 0.810. The van der Waals surface area contributed by atoms with Crippen LogP contribution in [0.4, 0.5) is 11.5 Å². The molecule has 0 saturated heterocycles. The largest absolute Gasteiger partial charge is 0.478 e. The van der Waals surface area contributed by atoms with Crippen molar-refractivity contribution >= 4 is 28.8 Å². The lowest BCUT2D eigenvalue weighted by Gasteiger charge is -2.13. The molecule has 2 N–H and O–H groups in total. The number of aromatic carboxylic acids is 1. The fourth-order valence-corrected chi connectivity index (χ4v) is 3.72. The maximum absolute atomic E-state index is 11.0. The molecule has 5 nitrogen and oxygen atoms in total. The van der Waals surface area contributed by atoms with E-state index < -0.39 is 5.97 Å². The van der Waals surface area contributed by atoms with Crippen LogP contribution >= 0.6 is 11.3 Å². The molecule has 0 unspecified atom stereocenters. The van der Waals surface area contributed by atoms with Gasteiger partial charge in [-0.05, 0) is 63.1 Å². The maximum atomic E-state index is 11.0. The first-order valence-corrected chi connectivity index (χ1v) is 9.26. The Bertz CT molecular complexity index is 942. The predicted octanol–water partition coefficient (Wildman–Crippen LogP) is 5.13. The van der Waals surface area contributed by atoms with Gasteiger partial charge in [-0.25, -0.2) is 14.8 Å². The highest BCUT2D eigenvalue weighted by Gasteiger charge is 2.14. The average Bonchev–Trinajstić information content (AvgIpc) is 2.94. The van der Waals surface area contributed by atoms with Crippen molar-refractivity contribution in [2.75, 3.05) is 5.32 Å². The molecule has 2 heterocycles. The number of hydrogen-bond acceptors (Lipinski definition) is 5. The van der Waals surface area contributed by atoms with Crippen LogP contribution < -0.4 is 5.32 Å². The number of anilines is 2. The summed E-state index contributed by atoms with van der Waals surface area (Å²) in [5.41, 5.74) is 4.30. The van der Waals surface area contributed by atoms with E-state index in [1.165, 1.54) is 10.4 Å². The topological polar surface area (TPSA) is 75.1 Å². The maximum Gasteiger partial charge on any atom is 0.335 e. The van der Waals surface area contributed by atoms with Gasteiger partial charge in [-0.2, -0.15) is 0 Å². The molecule has 0 atom stereocenters. The van der Waals surface area contributed by atoms with Crippen LogP contribution in [0.3, 0.4) is 0 Å². The molecule has 0 fully saturated rings. The van der Waals surface area contributed by atoms with Crippen molar-refractivity contribution < 1.29 is 9.90 Å². The molecular formula is C20H21N3O2S. The number of aryl methyl sites for hydroxylation is 3. The predicted molar refractivity (Wildman–Crippen MR) is 106 cm³/mol. The number of nitrogens with zero attached hydrogens (tertiary/aromatic N) is 2. The molecule has 1 aromatic carbocycles. The molecule has 134 valence electrons. The molecule has 2 aromatic heterocycles. The Morgan fingerprint density at radius 2 is 1.85 bits per heavy atom. The molecule has 26 heavy (non-hydrogen) atoms. The highest BCUT2D eigenvalue weighted by Crippen LogP contribution is 2.31. The second kappa shape index (κ2) is 7.25. The minimum Gasteiger partial charge on any atom is -0.478 e. The number of hydrogen-bond donors (Lipinski definition) is 2. The lowest BCUT2D eigenvalue weighted by atomic mass is 10.1. The van der Waals surface area contributed by atoms with Gasteiger partial charge in [0.1, 0.15) is 5.82 Å². The van der Waals surface area contributed by atoms with Gasteiger partial charge < -0.3 is 10.4 Å². The van der Waals surface area contributed by atoms with Gasteiger partial charge in [-0.15, -0.1) is 11.3 Å². The lowest BCUT2D eigenvalue weighted by molar-refractivity contribution is 0.0697. The number of thiophene rings is 1. The van der Waals surface area contributed by atoms with Crippen molar-refractivity contribution in [2.45, 2.75) is 34.1 Å². The number of carbonyl (C=O) groups is 1. The normalized spacial score (nSPS) is 10.8. The summed E-state index contributed by atoms with van der Waals surface area (Å²) in [5, 5.41) is 12.4. The first-order chi connectivity index (χ1) is 12.4. The summed E-state index contributed by atoms with van der Waals surface area (Å²) in [4.78, 5) is 22.8. The zero-order valence-electron chi connectivity index (χ0n) is 15.3. The lowest BCUT2D eigenvalue weighted by Crippen LogP contribution is -2.05. The molecule has 0 aliphatic carbocycles. The van der Waals surface area contributed by atoms with E-state index >= 15 is 0 Å². The standard InChI is InChI=1S/C20H21N3O2S/c1-5-16-12(3)21-19(17-10-11(2)13(4)26-17)23-18(16)22-15-8-6-14(7-9-15)20(24)25/h6-10H,5H2,1-4H3,(H,24,25)(H,21,22,23). The molecule has 0 amide bonds. The first-order valence-electron chi connectivity index (χ1n) is 8.44. The van der Waals surface area contributed by atoms with Crippen LogP contribution in [0.5, 0.6) is 0 Å². The Morgan fingerprint density at radius 1 is 1.15 bits per heavy atom. The Hall–Kier alpha value is -2.73. The summed E-state index contributed by atoms with van der Waals surface area (Å²) in [6, 6.07) is 8.78.